The Balaban J connectivity index is 1.81. The number of amides is 1. The summed E-state index contributed by atoms with van der Waals surface area (Å²) in [6.07, 6.45) is 0.0766. The van der Waals surface area contributed by atoms with Gasteiger partial charge < -0.3 is 15.7 Å². The number of hydrogen-bond acceptors (Lipinski definition) is 5. The second-order valence-corrected chi connectivity index (χ2v) is 5.79. The molecule has 0 bridgehead atoms. The van der Waals surface area contributed by atoms with Crippen LogP contribution in [-0.4, -0.2) is 34.7 Å². The van der Waals surface area contributed by atoms with Crippen LogP contribution in [0.25, 0.3) is 0 Å². The molecule has 6 heteroatoms. The summed E-state index contributed by atoms with van der Waals surface area (Å²) in [5.74, 6) is 0.358. The lowest BCUT2D eigenvalue weighted by atomic mass is 10.2. The average Bonchev–Trinajstić information content (AvgIpc) is 2.94. The minimum atomic E-state index is -0.410. The molecule has 0 saturated carbocycles. The van der Waals surface area contributed by atoms with E-state index in [0.29, 0.717) is 25.4 Å². The number of nitrogens with zero attached hydrogens (tertiary/aromatic N) is 1. The third kappa shape index (κ3) is 3.28. The van der Waals surface area contributed by atoms with Crippen molar-refractivity contribution in [2.75, 3.05) is 6.54 Å². The van der Waals surface area contributed by atoms with Gasteiger partial charge in [0.05, 0.1) is 29.4 Å². The molecule has 0 spiro atoms. The first-order valence-electron chi connectivity index (χ1n) is 6.19. The maximum absolute atomic E-state index is 11.8. The molecule has 0 aromatic carbocycles. The molecule has 5 nitrogen and oxygen atoms in total. The first-order valence-corrected chi connectivity index (χ1v) is 7.07. The number of β-amino-alcohol motifs (C(OH)–C–C–N with tert-alkyl or cyclic N) is 1. The molecule has 1 aromatic heterocycles. The first-order chi connectivity index (χ1) is 8.56. The van der Waals surface area contributed by atoms with E-state index in [1.165, 1.54) is 0 Å². The van der Waals surface area contributed by atoms with Crippen LogP contribution in [0.4, 0.5) is 0 Å². The van der Waals surface area contributed by atoms with E-state index in [2.05, 4.69) is 29.5 Å². The maximum atomic E-state index is 11.8. The van der Waals surface area contributed by atoms with Crippen molar-refractivity contribution in [1.82, 2.24) is 15.6 Å². The largest absolute Gasteiger partial charge is 0.392 e. The molecule has 1 aliphatic heterocycles. The number of carbonyl (C=O) groups excluding carboxylic acids is 1. The Labute approximate surface area is 111 Å². The van der Waals surface area contributed by atoms with Crippen LogP contribution in [0.1, 0.15) is 36.9 Å². The molecule has 100 valence electrons. The lowest BCUT2D eigenvalue weighted by Gasteiger charge is -2.09. The van der Waals surface area contributed by atoms with Crippen LogP contribution < -0.4 is 10.6 Å². The van der Waals surface area contributed by atoms with Crippen molar-refractivity contribution in [2.45, 2.75) is 44.9 Å². The van der Waals surface area contributed by atoms with Gasteiger partial charge in [0.15, 0.2) is 0 Å². The molecule has 1 aliphatic rings. The number of thiazole rings is 1. The molecule has 1 amide bonds. The Kier molecular flexibility index (Phi) is 4.31. The van der Waals surface area contributed by atoms with Crippen LogP contribution >= 0.6 is 11.3 Å². The number of carbonyl (C=O) groups is 1. The van der Waals surface area contributed by atoms with Gasteiger partial charge in [-0.05, 0) is 6.42 Å². The molecule has 3 N–H and O–H groups in total. The smallest absolute Gasteiger partial charge is 0.237 e. The average molecular weight is 269 g/mol. The van der Waals surface area contributed by atoms with Crippen LogP contribution in [0.15, 0.2) is 5.38 Å². The highest BCUT2D eigenvalue weighted by Gasteiger charge is 2.27. The van der Waals surface area contributed by atoms with Crippen molar-refractivity contribution in [3.8, 4) is 0 Å². The molecule has 0 unspecified atom stereocenters. The Morgan fingerprint density at radius 2 is 2.50 bits per heavy atom. The molecular weight excluding hydrogens is 250 g/mol. The fourth-order valence-corrected chi connectivity index (χ4v) is 2.72. The fourth-order valence-electron chi connectivity index (χ4n) is 1.89. The molecular formula is C12H19N3O2S. The van der Waals surface area contributed by atoms with E-state index in [-0.39, 0.29) is 11.9 Å². The maximum Gasteiger partial charge on any atom is 0.237 e. The van der Waals surface area contributed by atoms with Crippen molar-refractivity contribution >= 4 is 17.2 Å². The molecule has 1 fully saturated rings. The summed E-state index contributed by atoms with van der Waals surface area (Å²) in [6, 6.07) is -0.275. The Morgan fingerprint density at radius 1 is 1.72 bits per heavy atom. The third-order valence-corrected chi connectivity index (χ3v) is 4.13. The van der Waals surface area contributed by atoms with Crippen molar-refractivity contribution in [3.05, 3.63) is 16.1 Å². The Morgan fingerprint density at radius 3 is 3.06 bits per heavy atom. The predicted octanol–water partition coefficient (Wildman–Crippen LogP) is 0.605. The highest BCUT2D eigenvalue weighted by Crippen LogP contribution is 2.19. The van der Waals surface area contributed by atoms with Gasteiger partial charge >= 0.3 is 0 Å². The summed E-state index contributed by atoms with van der Waals surface area (Å²) in [7, 11) is 0. The number of aliphatic hydroxyl groups excluding tert-OH is 1. The van der Waals surface area contributed by atoms with E-state index in [0.717, 1.165) is 10.7 Å². The molecule has 2 rings (SSSR count). The second-order valence-electron chi connectivity index (χ2n) is 4.90. The molecule has 18 heavy (non-hydrogen) atoms. The van der Waals surface area contributed by atoms with Gasteiger partial charge in [0, 0.05) is 17.8 Å². The summed E-state index contributed by atoms with van der Waals surface area (Å²) in [5.41, 5.74) is 0.899. The van der Waals surface area contributed by atoms with E-state index in [1.54, 1.807) is 11.3 Å². The van der Waals surface area contributed by atoms with Crippen LogP contribution in [0.2, 0.25) is 0 Å². The van der Waals surface area contributed by atoms with E-state index in [4.69, 9.17) is 0 Å². The number of rotatable bonds is 4. The molecule has 0 aliphatic carbocycles. The van der Waals surface area contributed by atoms with Gasteiger partial charge in [-0.25, -0.2) is 4.98 Å². The van der Waals surface area contributed by atoms with Crippen molar-refractivity contribution < 1.29 is 9.90 Å². The van der Waals surface area contributed by atoms with Crippen LogP contribution in [0.3, 0.4) is 0 Å². The zero-order valence-corrected chi connectivity index (χ0v) is 11.5. The van der Waals surface area contributed by atoms with Crippen molar-refractivity contribution in [3.63, 3.8) is 0 Å². The molecule has 0 radical (unpaired) electrons. The fraction of sp³-hybridized carbons (Fsp3) is 0.667. The lowest BCUT2D eigenvalue weighted by Crippen LogP contribution is -2.40. The zero-order chi connectivity index (χ0) is 13.1. The zero-order valence-electron chi connectivity index (χ0n) is 10.6. The van der Waals surface area contributed by atoms with Crippen molar-refractivity contribution in [1.29, 1.82) is 0 Å². The second kappa shape index (κ2) is 5.77. The highest BCUT2D eigenvalue weighted by atomic mass is 32.1. The minimum absolute atomic E-state index is 0.0642. The summed E-state index contributed by atoms with van der Waals surface area (Å²) in [5, 5.41) is 18.2. The third-order valence-electron chi connectivity index (χ3n) is 2.93. The number of aliphatic hydroxyl groups is 1. The van der Waals surface area contributed by atoms with Crippen LogP contribution in [-0.2, 0) is 11.3 Å². The molecule has 2 heterocycles. The van der Waals surface area contributed by atoms with Crippen LogP contribution in [0.5, 0.6) is 0 Å². The van der Waals surface area contributed by atoms with Crippen LogP contribution in [0, 0.1) is 0 Å². The van der Waals surface area contributed by atoms with E-state index in [1.807, 2.05) is 5.38 Å². The normalized spacial score (nSPS) is 23.6. The lowest BCUT2D eigenvalue weighted by molar-refractivity contribution is -0.123. The minimum Gasteiger partial charge on any atom is -0.392 e. The van der Waals surface area contributed by atoms with E-state index in [9.17, 15) is 9.90 Å². The van der Waals surface area contributed by atoms with E-state index >= 15 is 0 Å². The number of hydrogen-bond donors (Lipinski definition) is 3. The summed E-state index contributed by atoms with van der Waals surface area (Å²) in [6.45, 7) is 5.15. The molecule has 1 saturated heterocycles. The van der Waals surface area contributed by atoms with Gasteiger partial charge in [0.1, 0.15) is 0 Å². The molecule has 2 atom stereocenters. The quantitative estimate of drug-likeness (QED) is 0.748. The standard InChI is InChI=1S/C12H19N3O2S/c1-7(2)12-15-8(6-18-12)4-14-11(17)10-3-9(16)5-13-10/h6-7,9-10,13,16H,3-5H2,1-2H3,(H,14,17)/t9-,10-/m0/s1. The van der Waals surface area contributed by atoms with Gasteiger partial charge in [0.25, 0.3) is 0 Å². The summed E-state index contributed by atoms with van der Waals surface area (Å²) < 4.78 is 0. The molecule has 1 aromatic rings. The Hall–Kier alpha value is -0.980. The van der Waals surface area contributed by atoms with Gasteiger partial charge in [-0.2, -0.15) is 0 Å². The SMILES string of the molecule is CC(C)c1nc(CNC(=O)[C@@H]2C[C@H](O)CN2)cs1. The predicted molar refractivity (Wildman–Crippen MR) is 70.5 cm³/mol. The van der Waals surface area contributed by atoms with Gasteiger partial charge in [0.2, 0.25) is 5.91 Å². The topological polar surface area (TPSA) is 74.2 Å². The summed E-state index contributed by atoms with van der Waals surface area (Å²) >= 11 is 1.62. The van der Waals surface area contributed by atoms with Gasteiger partial charge in [-0.1, -0.05) is 13.8 Å². The number of nitrogens with one attached hydrogen (secondary N) is 2. The van der Waals surface area contributed by atoms with E-state index < -0.39 is 6.10 Å². The van der Waals surface area contributed by atoms with Crippen molar-refractivity contribution in [2.24, 2.45) is 0 Å². The monoisotopic (exact) mass is 269 g/mol. The Bertz CT molecular complexity index is 419. The number of aromatic nitrogens is 1. The highest BCUT2D eigenvalue weighted by molar-refractivity contribution is 7.09. The summed E-state index contributed by atoms with van der Waals surface area (Å²) in [4.78, 5) is 16.3. The van der Waals surface area contributed by atoms with Gasteiger partial charge in [-0.3, -0.25) is 4.79 Å². The first kappa shape index (κ1) is 13.5. The van der Waals surface area contributed by atoms with Gasteiger partial charge in [-0.15, -0.1) is 11.3 Å².